The summed E-state index contributed by atoms with van der Waals surface area (Å²) in [5.74, 6) is -0.127. The van der Waals surface area contributed by atoms with Gasteiger partial charge in [0, 0.05) is 33.3 Å². The number of hydrogen-bond acceptors (Lipinski definition) is 4. The fourth-order valence-electron chi connectivity index (χ4n) is 1.67. The van der Waals surface area contributed by atoms with Gasteiger partial charge >= 0.3 is 5.97 Å². The molecule has 1 aromatic rings. The van der Waals surface area contributed by atoms with Gasteiger partial charge in [0.25, 0.3) is 5.91 Å². The van der Waals surface area contributed by atoms with Crippen LogP contribution in [0.1, 0.15) is 36.0 Å². The summed E-state index contributed by atoms with van der Waals surface area (Å²) in [6.07, 6.45) is 3.95. The maximum atomic E-state index is 11.8. The lowest BCUT2D eigenvalue weighted by Crippen LogP contribution is -2.24. The summed E-state index contributed by atoms with van der Waals surface area (Å²) in [6.45, 7) is 0.549. The Morgan fingerprint density at radius 3 is 2.55 bits per heavy atom. The molecule has 0 aliphatic carbocycles. The van der Waals surface area contributed by atoms with Gasteiger partial charge in [-0.3, -0.25) is 9.59 Å². The van der Waals surface area contributed by atoms with E-state index in [1.54, 1.807) is 18.3 Å². The largest absolute Gasteiger partial charge is 0.481 e. The molecule has 6 heteroatoms. The van der Waals surface area contributed by atoms with E-state index in [0.29, 0.717) is 18.5 Å². The van der Waals surface area contributed by atoms with Gasteiger partial charge in [-0.1, -0.05) is 6.42 Å². The highest BCUT2D eigenvalue weighted by molar-refractivity contribution is 5.94. The van der Waals surface area contributed by atoms with Crippen molar-refractivity contribution in [2.24, 2.45) is 0 Å². The zero-order valence-corrected chi connectivity index (χ0v) is 11.9. The molecule has 0 aromatic carbocycles. The molecule has 1 heterocycles. The minimum Gasteiger partial charge on any atom is -0.481 e. The standard InChI is InChI=1S/C14H21N3O3/c1-17(2)12-8-7-11(10-16-12)14(20)15-9-5-3-4-6-13(18)19/h7-8,10H,3-6,9H2,1-2H3,(H,15,20)(H,18,19). The number of rotatable bonds is 8. The van der Waals surface area contributed by atoms with E-state index in [0.717, 1.165) is 18.7 Å². The normalized spacial score (nSPS) is 10.1. The number of carboxylic acid groups (broad SMARTS) is 1. The molecule has 0 spiro atoms. The van der Waals surface area contributed by atoms with E-state index >= 15 is 0 Å². The van der Waals surface area contributed by atoms with Crippen LogP contribution < -0.4 is 10.2 Å². The van der Waals surface area contributed by atoms with Crippen LogP contribution in [0, 0.1) is 0 Å². The van der Waals surface area contributed by atoms with E-state index in [-0.39, 0.29) is 12.3 Å². The van der Waals surface area contributed by atoms with Crippen LogP contribution in [0.4, 0.5) is 5.82 Å². The number of nitrogens with one attached hydrogen (secondary N) is 1. The van der Waals surface area contributed by atoms with Gasteiger partial charge in [-0.15, -0.1) is 0 Å². The molecular weight excluding hydrogens is 258 g/mol. The molecule has 1 amide bonds. The number of carbonyl (C=O) groups is 2. The fraction of sp³-hybridized carbons (Fsp3) is 0.500. The topological polar surface area (TPSA) is 82.5 Å². The number of carbonyl (C=O) groups excluding carboxylic acids is 1. The summed E-state index contributed by atoms with van der Waals surface area (Å²) in [5.41, 5.74) is 0.529. The highest BCUT2D eigenvalue weighted by Crippen LogP contribution is 2.07. The van der Waals surface area contributed by atoms with Gasteiger partial charge in [0.05, 0.1) is 5.56 Å². The molecule has 0 saturated heterocycles. The Labute approximate surface area is 118 Å². The number of nitrogens with zero attached hydrogens (tertiary/aromatic N) is 2. The molecule has 0 aliphatic heterocycles. The maximum Gasteiger partial charge on any atom is 0.303 e. The summed E-state index contributed by atoms with van der Waals surface area (Å²) in [6, 6.07) is 3.53. The van der Waals surface area contributed by atoms with E-state index in [4.69, 9.17) is 5.11 Å². The highest BCUT2D eigenvalue weighted by Gasteiger charge is 2.06. The Bertz CT molecular complexity index is 443. The van der Waals surface area contributed by atoms with Crippen molar-refractivity contribution < 1.29 is 14.7 Å². The molecule has 0 atom stereocenters. The number of aromatic nitrogens is 1. The number of pyridine rings is 1. The van der Waals surface area contributed by atoms with E-state index in [2.05, 4.69) is 10.3 Å². The first-order valence-electron chi connectivity index (χ1n) is 6.64. The zero-order chi connectivity index (χ0) is 15.0. The minimum atomic E-state index is -0.777. The molecule has 0 fully saturated rings. The predicted octanol–water partition coefficient (Wildman–Crippen LogP) is 1.52. The number of unbranched alkanes of at least 4 members (excludes halogenated alkanes) is 2. The van der Waals surface area contributed by atoms with Crippen molar-refractivity contribution in [2.45, 2.75) is 25.7 Å². The van der Waals surface area contributed by atoms with Crippen molar-refractivity contribution in [3.8, 4) is 0 Å². The molecule has 0 unspecified atom stereocenters. The van der Waals surface area contributed by atoms with Crippen molar-refractivity contribution in [2.75, 3.05) is 25.5 Å². The zero-order valence-electron chi connectivity index (χ0n) is 11.9. The lowest BCUT2D eigenvalue weighted by atomic mass is 10.2. The SMILES string of the molecule is CN(C)c1ccc(C(=O)NCCCCCC(=O)O)cn1. The van der Waals surface area contributed by atoms with Crippen molar-refractivity contribution in [3.63, 3.8) is 0 Å². The maximum absolute atomic E-state index is 11.8. The van der Waals surface area contributed by atoms with Gasteiger partial charge in [-0.2, -0.15) is 0 Å². The average Bonchev–Trinajstić information content (AvgIpc) is 2.42. The van der Waals surface area contributed by atoms with Crippen LogP contribution in [0.15, 0.2) is 18.3 Å². The Balaban J connectivity index is 2.27. The molecule has 0 radical (unpaired) electrons. The molecule has 1 rings (SSSR count). The van der Waals surface area contributed by atoms with Crippen LogP contribution in [0.5, 0.6) is 0 Å². The van der Waals surface area contributed by atoms with Crippen LogP contribution in [-0.2, 0) is 4.79 Å². The first kappa shape index (κ1) is 15.9. The van der Waals surface area contributed by atoms with Gasteiger partial charge in [-0.25, -0.2) is 4.98 Å². The second-order valence-corrected chi connectivity index (χ2v) is 4.76. The molecule has 0 bridgehead atoms. The molecule has 2 N–H and O–H groups in total. The van der Waals surface area contributed by atoms with E-state index < -0.39 is 5.97 Å². The van der Waals surface area contributed by atoms with Gasteiger partial charge in [0.2, 0.25) is 0 Å². The number of anilines is 1. The minimum absolute atomic E-state index is 0.152. The fourth-order valence-corrected chi connectivity index (χ4v) is 1.67. The summed E-state index contributed by atoms with van der Waals surface area (Å²) in [5, 5.41) is 11.3. The number of aliphatic carboxylic acids is 1. The first-order chi connectivity index (χ1) is 9.50. The van der Waals surface area contributed by atoms with Crippen molar-refractivity contribution in [1.29, 1.82) is 0 Å². The summed E-state index contributed by atoms with van der Waals surface area (Å²) in [4.78, 5) is 28.2. The van der Waals surface area contributed by atoms with Crippen LogP contribution >= 0.6 is 0 Å². The third-order valence-corrected chi connectivity index (χ3v) is 2.82. The smallest absolute Gasteiger partial charge is 0.303 e. The molecule has 110 valence electrons. The van der Waals surface area contributed by atoms with Crippen molar-refractivity contribution in [3.05, 3.63) is 23.9 Å². The summed E-state index contributed by atoms with van der Waals surface area (Å²) >= 11 is 0. The van der Waals surface area contributed by atoms with Gasteiger partial charge < -0.3 is 15.3 Å². The molecule has 0 saturated carbocycles. The second kappa shape index (κ2) is 8.14. The van der Waals surface area contributed by atoms with Gasteiger partial charge in [0.1, 0.15) is 5.82 Å². The van der Waals surface area contributed by atoms with E-state index in [1.165, 1.54) is 0 Å². The van der Waals surface area contributed by atoms with Crippen molar-refractivity contribution >= 4 is 17.7 Å². The Kier molecular flexibility index (Phi) is 6.49. The molecule has 1 aromatic heterocycles. The Morgan fingerprint density at radius 2 is 2.00 bits per heavy atom. The van der Waals surface area contributed by atoms with Gasteiger partial charge in [-0.05, 0) is 25.0 Å². The first-order valence-corrected chi connectivity index (χ1v) is 6.64. The molecule has 6 nitrogen and oxygen atoms in total. The number of carboxylic acids is 1. The van der Waals surface area contributed by atoms with Crippen LogP contribution in [-0.4, -0.2) is 42.6 Å². The van der Waals surface area contributed by atoms with Gasteiger partial charge in [0.15, 0.2) is 0 Å². The highest BCUT2D eigenvalue weighted by atomic mass is 16.4. The third-order valence-electron chi connectivity index (χ3n) is 2.82. The molecule has 0 aliphatic rings. The Morgan fingerprint density at radius 1 is 1.25 bits per heavy atom. The van der Waals surface area contributed by atoms with E-state index in [1.807, 2.05) is 19.0 Å². The average molecular weight is 279 g/mol. The van der Waals surface area contributed by atoms with Crippen LogP contribution in [0.3, 0.4) is 0 Å². The lowest BCUT2D eigenvalue weighted by Gasteiger charge is -2.11. The molecular formula is C14H21N3O3. The predicted molar refractivity (Wildman–Crippen MR) is 77.0 cm³/mol. The monoisotopic (exact) mass is 279 g/mol. The van der Waals surface area contributed by atoms with E-state index in [9.17, 15) is 9.59 Å². The molecule has 20 heavy (non-hydrogen) atoms. The quantitative estimate of drug-likeness (QED) is 0.705. The Hall–Kier alpha value is -2.11. The summed E-state index contributed by atoms with van der Waals surface area (Å²) < 4.78 is 0. The van der Waals surface area contributed by atoms with Crippen LogP contribution in [0.2, 0.25) is 0 Å². The number of hydrogen-bond donors (Lipinski definition) is 2. The summed E-state index contributed by atoms with van der Waals surface area (Å²) in [7, 11) is 3.78. The lowest BCUT2D eigenvalue weighted by molar-refractivity contribution is -0.137. The second-order valence-electron chi connectivity index (χ2n) is 4.76. The third kappa shape index (κ3) is 5.69. The van der Waals surface area contributed by atoms with Crippen molar-refractivity contribution in [1.82, 2.24) is 10.3 Å². The number of amides is 1. The van der Waals surface area contributed by atoms with Crippen LogP contribution in [0.25, 0.3) is 0 Å².